The van der Waals surface area contributed by atoms with E-state index < -0.39 is 5.60 Å². The van der Waals surface area contributed by atoms with Gasteiger partial charge in [0.05, 0.1) is 11.6 Å². The molecule has 1 saturated carbocycles. The quantitative estimate of drug-likeness (QED) is 0.946. The zero-order valence-corrected chi connectivity index (χ0v) is 12.0. The monoisotopic (exact) mass is 291 g/mol. The van der Waals surface area contributed by atoms with E-state index in [-0.39, 0.29) is 6.04 Å². The van der Waals surface area contributed by atoms with Crippen LogP contribution in [0.15, 0.2) is 36.9 Å². The number of rotatable bonds is 3. The van der Waals surface area contributed by atoms with Crippen LogP contribution < -0.4 is 0 Å². The first-order valence-corrected chi connectivity index (χ1v) is 7.36. The molecule has 20 heavy (non-hydrogen) atoms. The third kappa shape index (κ3) is 2.72. The molecule has 0 radical (unpaired) electrons. The highest BCUT2D eigenvalue weighted by molar-refractivity contribution is 6.30. The van der Waals surface area contributed by atoms with Crippen LogP contribution in [0.2, 0.25) is 5.02 Å². The molecule has 1 N–H and O–H groups in total. The number of aliphatic hydroxyl groups is 1. The summed E-state index contributed by atoms with van der Waals surface area (Å²) in [5.41, 5.74) is 0.337. The molecule has 2 aromatic rings. The molecule has 2 atom stereocenters. The lowest BCUT2D eigenvalue weighted by Crippen LogP contribution is -2.44. The number of nitrogens with zero attached hydrogens (tertiary/aromatic N) is 3. The molecule has 1 heterocycles. The first-order valence-electron chi connectivity index (χ1n) is 6.98. The summed E-state index contributed by atoms with van der Waals surface area (Å²) in [4.78, 5) is 4.00. The summed E-state index contributed by atoms with van der Waals surface area (Å²) in [5.74, 6) is 0. The van der Waals surface area contributed by atoms with E-state index in [0.717, 1.165) is 36.3 Å². The van der Waals surface area contributed by atoms with Crippen LogP contribution in [0.3, 0.4) is 0 Å². The minimum absolute atomic E-state index is 0.00516. The predicted molar refractivity (Wildman–Crippen MR) is 77.6 cm³/mol. The molecule has 2 unspecified atom stereocenters. The van der Waals surface area contributed by atoms with Crippen molar-refractivity contribution in [1.82, 2.24) is 14.8 Å². The Morgan fingerprint density at radius 2 is 2.10 bits per heavy atom. The zero-order chi connectivity index (χ0) is 14.0. The van der Waals surface area contributed by atoms with Gasteiger partial charge in [0.25, 0.3) is 0 Å². The Labute approximate surface area is 123 Å². The maximum atomic E-state index is 11.1. The average Bonchev–Trinajstić information content (AvgIpc) is 2.95. The zero-order valence-electron chi connectivity index (χ0n) is 11.2. The van der Waals surface area contributed by atoms with Gasteiger partial charge in [0.2, 0.25) is 0 Å². The van der Waals surface area contributed by atoms with Gasteiger partial charge in [-0.3, -0.25) is 0 Å². The molecule has 4 nitrogen and oxygen atoms in total. The minimum Gasteiger partial charge on any atom is -0.387 e. The molecule has 3 rings (SSSR count). The van der Waals surface area contributed by atoms with Crippen molar-refractivity contribution >= 4 is 11.6 Å². The Bertz CT molecular complexity index is 555. The fourth-order valence-corrected chi connectivity index (χ4v) is 3.25. The van der Waals surface area contributed by atoms with E-state index in [1.807, 2.05) is 24.3 Å². The lowest BCUT2D eigenvalue weighted by atomic mass is 9.76. The second kappa shape index (κ2) is 5.54. The van der Waals surface area contributed by atoms with E-state index >= 15 is 0 Å². The standard InChI is InChI=1S/C15H18ClN3O/c16-13-6-4-12(5-7-13)9-15(20)8-2-1-3-14(15)19-11-17-10-18-19/h4-7,10-11,14,20H,1-3,8-9H2. The highest BCUT2D eigenvalue weighted by Gasteiger charge is 2.40. The SMILES string of the molecule is OC1(Cc2ccc(Cl)cc2)CCCCC1n1cncn1. The summed E-state index contributed by atoms with van der Waals surface area (Å²) in [5, 5.41) is 16.0. The Balaban J connectivity index is 1.85. The molecule has 0 saturated heterocycles. The van der Waals surface area contributed by atoms with Gasteiger partial charge in [-0.15, -0.1) is 0 Å². The second-order valence-corrected chi connectivity index (χ2v) is 5.98. The lowest BCUT2D eigenvalue weighted by Gasteiger charge is -2.40. The predicted octanol–water partition coefficient (Wildman–Crippen LogP) is 3.02. The van der Waals surface area contributed by atoms with Crippen molar-refractivity contribution in [3.8, 4) is 0 Å². The highest BCUT2D eigenvalue weighted by atomic mass is 35.5. The van der Waals surface area contributed by atoms with Gasteiger partial charge in [-0.1, -0.05) is 36.6 Å². The van der Waals surface area contributed by atoms with Crippen molar-refractivity contribution in [3.05, 3.63) is 47.5 Å². The van der Waals surface area contributed by atoms with Crippen LogP contribution in [-0.4, -0.2) is 25.5 Å². The number of hydrogen-bond acceptors (Lipinski definition) is 3. The molecule has 1 fully saturated rings. The van der Waals surface area contributed by atoms with Gasteiger partial charge in [-0.25, -0.2) is 9.67 Å². The minimum atomic E-state index is -0.764. The summed E-state index contributed by atoms with van der Waals surface area (Å²) in [6, 6.07) is 7.69. The molecule has 1 aromatic heterocycles. The maximum absolute atomic E-state index is 11.1. The van der Waals surface area contributed by atoms with Crippen molar-refractivity contribution < 1.29 is 5.11 Å². The van der Waals surface area contributed by atoms with E-state index in [9.17, 15) is 5.11 Å². The summed E-state index contributed by atoms with van der Waals surface area (Å²) >= 11 is 5.91. The molecule has 0 aliphatic heterocycles. The lowest BCUT2D eigenvalue weighted by molar-refractivity contribution is -0.0452. The van der Waals surface area contributed by atoms with E-state index in [0.29, 0.717) is 6.42 Å². The summed E-state index contributed by atoms with van der Waals surface area (Å²) in [6.45, 7) is 0. The van der Waals surface area contributed by atoms with Crippen molar-refractivity contribution in [1.29, 1.82) is 0 Å². The molecular weight excluding hydrogens is 274 g/mol. The van der Waals surface area contributed by atoms with Crippen molar-refractivity contribution in [2.45, 2.75) is 43.7 Å². The number of halogens is 1. The first kappa shape index (κ1) is 13.6. The maximum Gasteiger partial charge on any atom is 0.137 e. The van der Waals surface area contributed by atoms with Gasteiger partial charge in [-0.05, 0) is 30.5 Å². The Morgan fingerprint density at radius 3 is 2.80 bits per heavy atom. The van der Waals surface area contributed by atoms with Crippen LogP contribution in [0.25, 0.3) is 0 Å². The number of aromatic nitrogens is 3. The van der Waals surface area contributed by atoms with Crippen LogP contribution in [0.5, 0.6) is 0 Å². The van der Waals surface area contributed by atoms with Crippen LogP contribution in [-0.2, 0) is 6.42 Å². The molecule has 1 aliphatic carbocycles. The average molecular weight is 292 g/mol. The topological polar surface area (TPSA) is 50.9 Å². The van der Waals surface area contributed by atoms with Crippen molar-refractivity contribution in [2.75, 3.05) is 0 Å². The first-order chi connectivity index (χ1) is 9.67. The molecule has 0 spiro atoms. The Kier molecular flexibility index (Phi) is 3.76. The van der Waals surface area contributed by atoms with Gasteiger partial charge in [0, 0.05) is 11.4 Å². The van der Waals surface area contributed by atoms with E-state index in [1.54, 1.807) is 11.0 Å². The molecular formula is C15H18ClN3O. The van der Waals surface area contributed by atoms with Crippen LogP contribution in [0.4, 0.5) is 0 Å². The Hall–Kier alpha value is -1.39. The van der Waals surface area contributed by atoms with Crippen LogP contribution in [0, 0.1) is 0 Å². The number of hydrogen-bond donors (Lipinski definition) is 1. The molecule has 5 heteroatoms. The summed E-state index contributed by atoms with van der Waals surface area (Å²) in [6.07, 6.45) is 7.74. The highest BCUT2D eigenvalue weighted by Crippen LogP contribution is 2.39. The van der Waals surface area contributed by atoms with Crippen LogP contribution >= 0.6 is 11.6 Å². The third-order valence-electron chi connectivity index (χ3n) is 4.14. The summed E-state index contributed by atoms with van der Waals surface area (Å²) < 4.78 is 1.80. The van der Waals surface area contributed by atoms with E-state index in [2.05, 4.69) is 10.1 Å². The molecule has 106 valence electrons. The largest absolute Gasteiger partial charge is 0.387 e. The molecule has 1 aromatic carbocycles. The smallest absolute Gasteiger partial charge is 0.137 e. The van der Waals surface area contributed by atoms with Gasteiger partial charge >= 0.3 is 0 Å². The molecule has 1 aliphatic rings. The van der Waals surface area contributed by atoms with E-state index in [4.69, 9.17) is 11.6 Å². The van der Waals surface area contributed by atoms with Gasteiger partial charge in [0.15, 0.2) is 0 Å². The van der Waals surface area contributed by atoms with Gasteiger partial charge in [-0.2, -0.15) is 5.10 Å². The van der Waals surface area contributed by atoms with Gasteiger partial charge in [0.1, 0.15) is 12.7 Å². The summed E-state index contributed by atoms with van der Waals surface area (Å²) in [7, 11) is 0. The normalized spacial score (nSPS) is 26.6. The fourth-order valence-electron chi connectivity index (χ4n) is 3.12. The molecule has 0 bridgehead atoms. The van der Waals surface area contributed by atoms with Crippen molar-refractivity contribution in [2.24, 2.45) is 0 Å². The number of benzene rings is 1. The van der Waals surface area contributed by atoms with Crippen LogP contribution in [0.1, 0.15) is 37.3 Å². The van der Waals surface area contributed by atoms with Gasteiger partial charge < -0.3 is 5.11 Å². The van der Waals surface area contributed by atoms with Crippen molar-refractivity contribution in [3.63, 3.8) is 0 Å². The fraction of sp³-hybridized carbons (Fsp3) is 0.467. The second-order valence-electron chi connectivity index (χ2n) is 5.54. The molecule has 0 amide bonds. The third-order valence-corrected chi connectivity index (χ3v) is 4.39. The Morgan fingerprint density at radius 1 is 1.30 bits per heavy atom. The van der Waals surface area contributed by atoms with E-state index in [1.165, 1.54) is 6.33 Å².